The van der Waals surface area contributed by atoms with Gasteiger partial charge in [0.25, 0.3) is 0 Å². The molecule has 16 heavy (non-hydrogen) atoms. The first kappa shape index (κ1) is 12.8. The Morgan fingerprint density at radius 2 is 2.06 bits per heavy atom. The SMILES string of the molecule is CCCC(CC)Nc1cc(C)c(F)cc1N. The summed E-state index contributed by atoms with van der Waals surface area (Å²) in [7, 11) is 0. The fraction of sp³-hybridized carbons (Fsp3) is 0.538. The summed E-state index contributed by atoms with van der Waals surface area (Å²) in [5.41, 5.74) is 7.75. The van der Waals surface area contributed by atoms with Crippen molar-refractivity contribution in [3.05, 3.63) is 23.5 Å². The van der Waals surface area contributed by atoms with E-state index in [1.165, 1.54) is 6.07 Å². The Kier molecular flexibility index (Phi) is 4.59. The molecule has 2 nitrogen and oxygen atoms in total. The Morgan fingerprint density at radius 1 is 1.38 bits per heavy atom. The molecule has 0 amide bonds. The van der Waals surface area contributed by atoms with E-state index in [1.54, 1.807) is 13.0 Å². The number of nitrogen functional groups attached to an aromatic ring is 1. The topological polar surface area (TPSA) is 38.0 Å². The lowest BCUT2D eigenvalue weighted by molar-refractivity contribution is 0.614. The number of benzene rings is 1. The Balaban J connectivity index is 2.83. The second-order valence-corrected chi connectivity index (χ2v) is 4.23. The Morgan fingerprint density at radius 3 is 2.62 bits per heavy atom. The second-order valence-electron chi connectivity index (χ2n) is 4.23. The summed E-state index contributed by atoms with van der Waals surface area (Å²) in [5, 5.41) is 3.37. The van der Waals surface area contributed by atoms with Crippen LogP contribution in [0.3, 0.4) is 0 Å². The van der Waals surface area contributed by atoms with Crippen LogP contribution in [0, 0.1) is 12.7 Å². The van der Waals surface area contributed by atoms with Crippen molar-refractivity contribution < 1.29 is 4.39 Å². The number of hydrogen-bond acceptors (Lipinski definition) is 2. The van der Waals surface area contributed by atoms with Gasteiger partial charge in [0.1, 0.15) is 5.82 Å². The normalized spacial score (nSPS) is 12.5. The summed E-state index contributed by atoms with van der Waals surface area (Å²) in [5.74, 6) is -0.244. The van der Waals surface area contributed by atoms with Crippen molar-refractivity contribution >= 4 is 11.4 Å². The molecule has 0 saturated heterocycles. The quantitative estimate of drug-likeness (QED) is 0.748. The zero-order valence-electron chi connectivity index (χ0n) is 10.3. The molecule has 1 rings (SSSR count). The van der Waals surface area contributed by atoms with Crippen molar-refractivity contribution in [1.82, 2.24) is 0 Å². The molecule has 3 N–H and O–H groups in total. The van der Waals surface area contributed by atoms with Gasteiger partial charge in [-0.2, -0.15) is 0 Å². The standard InChI is InChI=1S/C13H21FN2/c1-4-6-10(5-2)16-13-7-9(3)11(14)8-12(13)15/h7-8,10,16H,4-6,15H2,1-3H3. The lowest BCUT2D eigenvalue weighted by atomic mass is 10.1. The summed E-state index contributed by atoms with van der Waals surface area (Å²) in [4.78, 5) is 0. The van der Waals surface area contributed by atoms with Gasteiger partial charge in [0.15, 0.2) is 0 Å². The van der Waals surface area contributed by atoms with Crippen LogP contribution in [0.2, 0.25) is 0 Å². The molecule has 1 aromatic carbocycles. The molecule has 1 aromatic rings. The van der Waals surface area contributed by atoms with Crippen LogP contribution in [-0.2, 0) is 0 Å². The van der Waals surface area contributed by atoms with Gasteiger partial charge < -0.3 is 11.1 Å². The summed E-state index contributed by atoms with van der Waals surface area (Å²) in [6, 6.07) is 3.58. The molecule has 0 bridgehead atoms. The van der Waals surface area contributed by atoms with Gasteiger partial charge in [-0.25, -0.2) is 4.39 Å². The zero-order chi connectivity index (χ0) is 12.1. The van der Waals surface area contributed by atoms with Crippen molar-refractivity contribution in [3.63, 3.8) is 0 Å². The molecule has 0 aliphatic heterocycles. The van der Waals surface area contributed by atoms with Crippen molar-refractivity contribution in [3.8, 4) is 0 Å². The first-order chi connectivity index (χ1) is 7.58. The van der Waals surface area contributed by atoms with Crippen LogP contribution in [0.5, 0.6) is 0 Å². The van der Waals surface area contributed by atoms with Gasteiger partial charge in [-0.1, -0.05) is 20.3 Å². The Bertz CT molecular complexity index is 350. The minimum atomic E-state index is -0.244. The molecule has 0 heterocycles. The number of rotatable bonds is 5. The smallest absolute Gasteiger partial charge is 0.128 e. The zero-order valence-corrected chi connectivity index (χ0v) is 10.3. The molecular weight excluding hydrogens is 203 g/mol. The van der Waals surface area contributed by atoms with Crippen molar-refractivity contribution in [2.75, 3.05) is 11.1 Å². The highest BCUT2D eigenvalue weighted by molar-refractivity contribution is 5.67. The number of aryl methyl sites for hydroxylation is 1. The van der Waals surface area contributed by atoms with Gasteiger partial charge in [0.2, 0.25) is 0 Å². The number of nitrogens with two attached hydrogens (primary N) is 1. The van der Waals surface area contributed by atoms with Gasteiger partial charge in [-0.15, -0.1) is 0 Å². The van der Waals surface area contributed by atoms with Gasteiger partial charge >= 0.3 is 0 Å². The molecule has 0 radical (unpaired) electrons. The first-order valence-electron chi connectivity index (χ1n) is 5.90. The molecule has 0 saturated carbocycles. The largest absolute Gasteiger partial charge is 0.397 e. The highest BCUT2D eigenvalue weighted by atomic mass is 19.1. The van der Waals surface area contributed by atoms with Crippen LogP contribution in [0.25, 0.3) is 0 Å². The summed E-state index contributed by atoms with van der Waals surface area (Å²) in [6.07, 6.45) is 3.28. The number of nitrogens with one attached hydrogen (secondary N) is 1. The third-order valence-electron chi connectivity index (χ3n) is 2.82. The lowest BCUT2D eigenvalue weighted by Crippen LogP contribution is -2.19. The second kappa shape index (κ2) is 5.73. The molecule has 1 unspecified atom stereocenters. The lowest BCUT2D eigenvalue weighted by Gasteiger charge is -2.19. The molecule has 1 atom stereocenters. The van der Waals surface area contributed by atoms with Crippen LogP contribution in [-0.4, -0.2) is 6.04 Å². The summed E-state index contributed by atoms with van der Waals surface area (Å²) >= 11 is 0. The predicted octanol–water partition coefficient (Wildman–Crippen LogP) is 3.71. The summed E-state index contributed by atoms with van der Waals surface area (Å²) in [6.45, 7) is 6.05. The maximum Gasteiger partial charge on any atom is 0.128 e. The number of hydrogen-bond donors (Lipinski definition) is 2. The van der Waals surface area contributed by atoms with E-state index in [2.05, 4.69) is 19.2 Å². The predicted molar refractivity (Wildman–Crippen MR) is 68.2 cm³/mol. The minimum Gasteiger partial charge on any atom is -0.397 e. The van der Waals surface area contributed by atoms with Crippen molar-refractivity contribution in [1.29, 1.82) is 0 Å². The third kappa shape index (κ3) is 3.12. The van der Waals surface area contributed by atoms with Gasteiger partial charge in [0.05, 0.1) is 11.4 Å². The highest BCUT2D eigenvalue weighted by Crippen LogP contribution is 2.24. The maximum absolute atomic E-state index is 13.2. The average Bonchev–Trinajstić information content (AvgIpc) is 2.25. The number of halogens is 1. The summed E-state index contributed by atoms with van der Waals surface area (Å²) < 4.78 is 13.2. The van der Waals surface area contributed by atoms with Gasteiger partial charge in [-0.3, -0.25) is 0 Å². The fourth-order valence-corrected chi connectivity index (χ4v) is 1.77. The molecular formula is C13H21FN2. The molecule has 0 spiro atoms. The van der Waals surface area contributed by atoms with E-state index in [0.717, 1.165) is 24.9 Å². The van der Waals surface area contributed by atoms with Crippen molar-refractivity contribution in [2.24, 2.45) is 0 Å². The molecule has 0 aromatic heterocycles. The Labute approximate surface area is 97.0 Å². The monoisotopic (exact) mass is 224 g/mol. The van der Waals surface area contributed by atoms with Crippen molar-refractivity contribution in [2.45, 2.75) is 46.1 Å². The van der Waals surface area contributed by atoms with E-state index in [-0.39, 0.29) is 5.82 Å². The van der Waals surface area contributed by atoms with Crippen LogP contribution in [0.4, 0.5) is 15.8 Å². The van der Waals surface area contributed by atoms with Gasteiger partial charge in [0, 0.05) is 6.04 Å². The van der Waals surface area contributed by atoms with Crippen LogP contribution < -0.4 is 11.1 Å². The molecule has 3 heteroatoms. The van der Waals surface area contributed by atoms with E-state index >= 15 is 0 Å². The minimum absolute atomic E-state index is 0.244. The highest BCUT2D eigenvalue weighted by Gasteiger charge is 2.09. The molecule has 0 aliphatic rings. The van der Waals surface area contributed by atoms with E-state index in [1.807, 2.05) is 0 Å². The average molecular weight is 224 g/mol. The molecule has 0 aliphatic carbocycles. The van der Waals surface area contributed by atoms with E-state index < -0.39 is 0 Å². The molecule has 90 valence electrons. The third-order valence-corrected chi connectivity index (χ3v) is 2.82. The van der Waals surface area contributed by atoms with Crippen LogP contribution >= 0.6 is 0 Å². The van der Waals surface area contributed by atoms with E-state index in [0.29, 0.717) is 17.3 Å². The van der Waals surface area contributed by atoms with E-state index in [9.17, 15) is 4.39 Å². The fourth-order valence-electron chi connectivity index (χ4n) is 1.77. The maximum atomic E-state index is 13.2. The molecule has 0 fully saturated rings. The first-order valence-corrected chi connectivity index (χ1v) is 5.90. The van der Waals surface area contributed by atoms with Crippen LogP contribution in [0.15, 0.2) is 12.1 Å². The van der Waals surface area contributed by atoms with Crippen LogP contribution in [0.1, 0.15) is 38.7 Å². The van der Waals surface area contributed by atoms with E-state index in [4.69, 9.17) is 5.73 Å². The number of anilines is 2. The van der Waals surface area contributed by atoms with Gasteiger partial charge in [-0.05, 0) is 37.5 Å². The Hall–Kier alpha value is -1.25.